The third kappa shape index (κ3) is 4.98. The van der Waals surface area contributed by atoms with E-state index in [1.165, 1.54) is 38.3 Å². The number of carbonyl (C=O) groups is 2. The van der Waals surface area contributed by atoms with E-state index in [2.05, 4.69) is 10.9 Å². The fraction of sp³-hybridized carbons (Fsp3) is 0.176. The second kappa shape index (κ2) is 9.04. The maximum absolute atomic E-state index is 13.5. The molecule has 138 valence electrons. The molecule has 0 bridgehead atoms. The van der Waals surface area contributed by atoms with E-state index in [0.717, 1.165) is 0 Å². The number of benzene rings is 2. The maximum Gasteiger partial charge on any atom is 0.279 e. The van der Waals surface area contributed by atoms with Gasteiger partial charge in [0.1, 0.15) is 5.75 Å². The Hall–Kier alpha value is -2.07. The molecule has 2 N–H and O–H groups in total. The van der Waals surface area contributed by atoms with Crippen molar-refractivity contribution in [2.75, 3.05) is 7.11 Å². The van der Waals surface area contributed by atoms with Crippen molar-refractivity contribution in [2.24, 2.45) is 0 Å². The molecule has 2 aromatic rings. The molecule has 2 aromatic carbocycles. The van der Waals surface area contributed by atoms with Crippen LogP contribution in [0.15, 0.2) is 36.4 Å². The summed E-state index contributed by atoms with van der Waals surface area (Å²) in [6, 6.07) is 8.74. The number of para-hydroxylation sites is 1. The predicted octanol–water partition coefficient (Wildman–Crippen LogP) is 3.32. The average Bonchev–Trinajstić information content (AvgIpc) is 2.63. The van der Waals surface area contributed by atoms with Crippen molar-refractivity contribution in [1.29, 1.82) is 0 Å². The number of hydrazine groups is 1. The molecule has 0 radical (unpaired) electrons. The SMILES string of the molecule is COc1cc(I)c(Cl)cc1C(=O)NNC(=O)C(C)Oc1ccccc1F. The quantitative estimate of drug-likeness (QED) is 0.496. The van der Waals surface area contributed by atoms with Crippen LogP contribution in [0.25, 0.3) is 0 Å². The summed E-state index contributed by atoms with van der Waals surface area (Å²) in [4.78, 5) is 24.3. The zero-order chi connectivity index (χ0) is 19.3. The highest BCUT2D eigenvalue weighted by molar-refractivity contribution is 14.1. The molecule has 0 fully saturated rings. The molecule has 0 aliphatic carbocycles. The van der Waals surface area contributed by atoms with Gasteiger partial charge in [0.05, 0.1) is 17.7 Å². The third-order valence-corrected chi connectivity index (χ3v) is 4.82. The van der Waals surface area contributed by atoms with Crippen LogP contribution in [0, 0.1) is 9.39 Å². The first-order valence-electron chi connectivity index (χ1n) is 7.38. The van der Waals surface area contributed by atoms with Gasteiger partial charge in [-0.2, -0.15) is 0 Å². The number of nitrogens with one attached hydrogen (secondary N) is 2. The summed E-state index contributed by atoms with van der Waals surface area (Å²) in [6.45, 7) is 1.43. The molecule has 0 aromatic heterocycles. The summed E-state index contributed by atoms with van der Waals surface area (Å²) in [5.41, 5.74) is 4.62. The van der Waals surface area contributed by atoms with Crippen LogP contribution >= 0.6 is 34.2 Å². The Morgan fingerprint density at radius 2 is 1.88 bits per heavy atom. The van der Waals surface area contributed by atoms with Gasteiger partial charge in [-0.05, 0) is 53.8 Å². The van der Waals surface area contributed by atoms with Gasteiger partial charge in [0.2, 0.25) is 0 Å². The lowest BCUT2D eigenvalue weighted by Gasteiger charge is -2.16. The van der Waals surface area contributed by atoms with E-state index in [1.54, 1.807) is 12.1 Å². The van der Waals surface area contributed by atoms with Gasteiger partial charge in [-0.25, -0.2) is 4.39 Å². The molecule has 9 heteroatoms. The second-order valence-corrected chi connectivity index (χ2v) is 6.67. The number of carbonyl (C=O) groups excluding carboxylic acids is 2. The van der Waals surface area contributed by atoms with Crippen LogP contribution in [0.2, 0.25) is 5.02 Å². The van der Waals surface area contributed by atoms with Gasteiger partial charge < -0.3 is 9.47 Å². The van der Waals surface area contributed by atoms with Crippen LogP contribution in [-0.2, 0) is 4.79 Å². The van der Waals surface area contributed by atoms with Gasteiger partial charge in [0.15, 0.2) is 17.7 Å². The van der Waals surface area contributed by atoms with Crippen LogP contribution in [0.4, 0.5) is 4.39 Å². The van der Waals surface area contributed by atoms with E-state index in [4.69, 9.17) is 21.1 Å². The molecular formula is C17H15ClFIN2O4. The van der Waals surface area contributed by atoms with Crippen LogP contribution in [0.3, 0.4) is 0 Å². The molecule has 6 nitrogen and oxygen atoms in total. The number of methoxy groups -OCH3 is 1. The molecule has 0 saturated heterocycles. The standard InChI is InChI=1S/C17H15ClFIN2O4/c1-9(26-14-6-4-3-5-12(14)19)16(23)21-22-17(24)10-7-11(18)13(20)8-15(10)25-2/h3-9H,1-2H3,(H,21,23)(H,22,24). The number of rotatable bonds is 5. The highest BCUT2D eigenvalue weighted by atomic mass is 127. The highest BCUT2D eigenvalue weighted by Crippen LogP contribution is 2.28. The monoisotopic (exact) mass is 492 g/mol. The predicted molar refractivity (Wildman–Crippen MR) is 103 cm³/mol. The van der Waals surface area contributed by atoms with Crippen molar-refractivity contribution in [3.05, 3.63) is 56.4 Å². The Bertz CT molecular complexity index is 834. The largest absolute Gasteiger partial charge is 0.496 e. The summed E-state index contributed by atoms with van der Waals surface area (Å²) in [6.07, 6.45) is -1.03. The van der Waals surface area contributed by atoms with Crippen LogP contribution in [-0.4, -0.2) is 25.0 Å². The Morgan fingerprint density at radius 3 is 2.54 bits per heavy atom. The zero-order valence-electron chi connectivity index (χ0n) is 13.8. The van der Waals surface area contributed by atoms with Crippen LogP contribution < -0.4 is 20.3 Å². The number of hydrogen-bond acceptors (Lipinski definition) is 4. The first-order valence-corrected chi connectivity index (χ1v) is 8.83. The number of hydrogen-bond donors (Lipinski definition) is 2. The Kier molecular flexibility index (Phi) is 7.04. The minimum atomic E-state index is -1.03. The maximum atomic E-state index is 13.5. The molecule has 2 rings (SSSR count). The molecule has 1 unspecified atom stereocenters. The third-order valence-electron chi connectivity index (χ3n) is 3.30. The smallest absolute Gasteiger partial charge is 0.279 e. The van der Waals surface area contributed by atoms with Gasteiger partial charge in [-0.3, -0.25) is 20.4 Å². The lowest BCUT2D eigenvalue weighted by molar-refractivity contribution is -0.128. The molecule has 0 aliphatic heterocycles. The lowest BCUT2D eigenvalue weighted by Crippen LogP contribution is -2.47. The van der Waals surface area contributed by atoms with Gasteiger partial charge in [0.25, 0.3) is 11.8 Å². The molecule has 0 saturated carbocycles. The molecule has 2 amide bonds. The number of amides is 2. The summed E-state index contributed by atoms with van der Waals surface area (Å²) in [5.74, 6) is -1.62. The van der Waals surface area contributed by atoms with Crippen LogP contribution in [0.1, 0.15) is 17.3 Å². The summed E-state index contributed by atoms with van der Waals surface area (Å²) >= 11 is 8.03. The van der Waals surface area contributed by atoms with Crippen molar-refractivity contribution < 1.29 is 23.5 Å². The zero-order valence-corrected chi connectivity index (χ0v) is 16.7. The Labute approximate surface area is 168 Å². The first kappa shape index (κ1) is 20.2. The average molecular weight is 493 g/mol. The minimum Gasteiger partial charge on any atom is -0.496 e. The molecule has 1 atom stereocenters. The molecule has 26 heavy (non-hydrogen) atoms. The molecular weight excluding hydrogens is 478 g/mol. The number of halogens is 3. The Morgan fingerprint density at radius 1 is 1.19 bits per heavy atom. The van der Waals surface area contributed by atoms with E-state index in [9.17, 15) is 14.0 Å². The van der Waals surface area contributed by atoms with E-state index >= 15 is 0 Å². The first-order chi connectivity index (χ1) is 12.3. The fourth-order valence-electron chi connectivity index (χ4n) is 1.95. The van der Waals surface area contributed by atoms with Crippen LogP contribution in [0.5, 0.6) is 11.5 Å². The fourth-order valence-corrected chi connectivity index (χ4v) is 2.55. The summed E-state index contributed by atoms with van der Waals surface area (Å²) < 4.78 is 24.7. The van der Waals surface area contributed by atoms with Gasteiger partial charge >= 0.3 is 0 Å². The van der Waals surface area contributed by atoms with Crippen molar-refractivity contribution in [3.8, 4) is 11.5 Å². The van der Waals surface area contributed by atoms with Crippen molar-refractivity contribution in [3.63, 3.8) is 0 Å². The van der Waals surface area contributed by atoms with Gasteiger partial charge in [-0.1, -0.05) is 23.7 Å². The van der Waals surface area contributed by atoms with Gasteiger partial charge in [-0.15, -0.1) is 0 Å². The Balaban J connectivity index is 1.99. The van der Waals surface area contributed by atoms with E-state index in [1.807, 2.05) is 22.6 Å². The normalized spacial score (nSPS) is 11.4. The number of ether oxygens (including phenoxy) is 2. The molecule has 0 aliphatic rings. The van der Waals surface area contributed by atoms with Gasteiger partial charge in [0, 0.05) is 3.57 Å². The highest BCUT2D eigenvalue weighted by Gasteiger charge is 2.19. The minimum absolute atomic E-state index is 0.0624. The van der Waals surface area contributed by atoms with Crippen molar-refractivity contribution in [2.45, 2.75) is 13.0 Å². The van der Waals surface area contributed by atoms with E-state index in [-0.39, 0.29) is 11.3 Å². The second-order valence-electron chi connectivity index (χ2n) is 5.10. The molecule has 0 heterocycles. The lowest BCUT2D eigenvalue weighted by atomic mass is 10.2. The van der Waals surface area contributed by atoms with E-state index < -0.39 is 23.7 Å². The summed E-state index contributed by atoms with van der Waals surface area (Å²) in [7, 11) is 1.42. The topological polar surface area (TPSA) is 76.7 Å². The van der Waals surface area contributed by atoms with E-state index in [0.29, 0.717) is 14.3 Å². The van der Waals surface area contributed by atoms with Crippen molar-refractivity contribution in [1.82, 2.24) is 10.9 Å². The molecule has 0 spiro atoms. The summed E-state index contributed by atoms with van der Waals surface area (Å²) in [5, 5.41) is 0.374. The van der Waals surface area contributed by atoms with Crippen molar-refractivity contribution >= 4 is 46.0 Å².